The summed E-state index contributed by atoms with van der Waals surface area (Å²) in [5, 5.41) is 7.53. The normalized spacial score (nSPS) is 12.4. The summed E-state index contributed by atoms with van der Waals surface area (Å²) in [5.74, 6) is 0.963. The van der Waals surface area contributed by atoms with Crippen molar-refractivity contribution in [3.05, 3.63) is 45.5 Å². The highest BCUT2D eigenvalue weighted by Gasteiger charge is 2.15. The third-order valence-corrected chi connectivity index (χ3v) is 3.70. The highest BCUT2D eigenvalue weighted by molar-refractivity contribution is 7.07. The van der Waals surface area contributed by atoms with Crippen molar-refractivity contribution in [2.45, 2.75) is 26.4 Å². The predicted molar refractivity (Wildman–Crippen MR) is 74.4 cm³/mol. The lowest BCUT2D eigenvalue weighted by molar-refractivity contribution is 0.0599. The number of furan rings is 1. The van der Waals surface area contributed by atoms with Crippen molar-refractivity contribution in [1.29, 1.82) is 0 Å². The van der Waals surface area contributed by atoms with Gasteiger partial charge in [-0.1, -0.05) is 0 Å². The van der Waals surface area contributed by atoms with Gasteiger partial charge in [0.25, 0.3) is 0 Å². The van der Waals surface area contributed by atoms with Gasteiger partial charge in [0, 0.05) is 6.04 Å². The van der Waals surface area contributed by atoms with Crippen LogP contribution in [0.25, 0.3) is 0 Å². The van der Waals surface area contributed by atoms with Crippen LogP contribution in [0.2, 0.25) is 0 Å². The van der Waals surface area contributed by atoms with Crippen LogP contribution in [-0.2, 0) is 11.3 Å². The Morgan fingerprint density at radius 1 is 1.58 bits per heavy atom. The molecule has 0 radical (unpaired) electrons. The highest BCUT2D eigenvalue weighted by Crippen LogP contribution is 2.19. The van der Waals surface area contributed by atoms with Crippen LogP contribution >= 0.6 is 11.3 Å². The molecule has 0 saturated heterocycles. The van der Waals surface area contributed by atoms with Crippen LogP contribution in [0, 0.1) is 6.92 Å². The molecule has 0 saturated carbocycles. The molecule has 0 aliphatic rings. The average molecular weight is 279 g/mol. The van der Waals surface area contributed by atoms with Gasteiger partial charge in [0.15, 0.2) is 0 Å². The number of esters is 1. The Balaban J connectivity index is 1.98. The number of ether oxygens (including phenoxy) is 1. The number of carbonyl (C=O) groups is 1. The van der Waals surface area contributed by atoms with Crippen molar-refractivity contribution in [3.63, 3.8) is 0 Å². The predicted octanol–water partition coefficient (Wildman–Crippen LogP) is 3.29. The van der Waals surface area contributed by atoms with Gasteiger partial charge in [-0.25, -0.2) is 4.79 Å². The fraction of sp³-hybridized carbons (Fsp3) is 0.357. The Morgan fingerprint density at radius 2 is 2.37 bits per heavy atom. The minimum atomic E-state index is -0.363. The number of aryl methyl sites for hydroxylation is 1. The maximum absolute atomic E-state index is 11.5. The topological polar surface area (TPSA) is 51.5 Å². The molecule has 4 nitrogen and oxygen atoms in total. The number of hydrogen-bond acceptors (Lipinski definition) is 5. The Labute approximate surface area is 116 Å². The molecule has 5 heteroatoms. The van der Waals surface area contributed by atoms with Crippen molar-refractivity contribution < 1.29 is 13.9 Å². The van der Waals surface area contributed by atoms with Gasteiger partial charge in [0.2, 0.25) is 0 Å². The second-order valence-electron chi connectivity index (χ2n) is 4.33. The molecular weight excluding hydrogens is 262 g/mol. The van der Waals surface area contributed by atoms with E-state index < -0.39 is 0 Å². The summed E-state index contributed by atoms with van der Waals surface area (Å²) in [6.45, 7) is 4.44. The molecule has 0 spiro atoms. The van der Waals surface area contributed by atoms with Gasteiger partial charge in [-0.15, -0.1) is 0 Å². The molecule has 0 fully saturated rings. The van der Waals surface area contributed by atoms with Gasteiger partial charge in [0.1, 0.15) is 17.1 Å². The van der Waals surface area contributed by atoms with Crippen molar-refractivity contribution in [2.75, 3.05) is 7.11 Å². The van der Waals surface area contributed by atoms with Gasteiger partial charge in [0.05, 0.1) is 13.7 Å². The second kappa shape index (κ2) is 6.04. The van der Waals surface area contributed by atoms with Gasteiger partial charge in [-0.2, -0.15) is 11.3 Å². The fourth-order valence-corrected chi connectivity index (χ4v) is 2.59. The molecule has 2 heterocycles. The monoisotopic (exact) mass is 279 g/mol. The van der Waals surface area contributed by atoms with Crippen LogP contribution in [0.4, 0.5) is 0 Å². The minimum absolute atomic E-state index is 0.248. The van der Waals surface area contributed by atoms with Gasteiger partial charge < -0.3 is 14.5 Å². The smallest absolute Gasteiger partial charge is 0.341 e. The molecule has 0 aliphatic heterocycles. The molecule has 2 aromatic rings. The van der Waals surface area contributed by atoms with E-state index in [9.17, 15) is 4.79 Å². The Hall–Kier alpha value is -1.59. The third-order valence-electron chi connectivity index (χ3n) is 3.00. The van der Waals surface area contributed by atoms with Crippen LogP contribution in [0.3, 0.4) is 0 Å². The van der Waals surface area contributed by atoms with Crippen LogP contribution < -0.4 is 5.32 Å². The molecule has 0 aliphatic carbocycles. The molecule has 0 aromatic carbocycles. The van der Waals surface area contributed by atoms with Crippen LogP contribution in [0.5, 0.6) is 0 Å². The lowest BCUT2D eigenvalue weighted by atomic mass is 10.2. The largest absolute Gasteiger partial charge is 0.465 e. The zero-order chi connectivity index (χ0) is 13.8. The first-order chi connectivity index (χ1) is 9.11. The van der Waals surface area contributed by atoms with E-state index in [4.69, 9.17) is 9.15 Å². The summed E-state index contributed by atoms with van der Waals surface area (Å²) >= 11 is 1.68. The van der Waals surface area contributed by atoms with E-state index in [1.807, 2.05) is 0 Å². The number of rotatable bonds is 5. The van der Waals surface area contributed by atoms with Gasteiger partial charge in [-0.3, -0.25) is 0 Å². The first kappa shape index (κ1) is 13.8. The fourth-order valence-electron chi connectivity index (χ4n) is 1.84. The third kappa shape index (κ3) is 3.24. The lowest BCUT2D eigenvalue weighted by Crippen LogP contribution is -2.17. The minimum Gasteiger partial charge on any atom is -0.465 e. The van der Waals surface area contributed by atoms with E-state index >= 15 is 0 Å². The van der Waals surface area contributed by atoms with Gasteiger partial charge in [-0.05, 0) is 42.3 Å². The van der Waals surface area contributed by atoms with Crippen molar-refractivity contribution >= 4 is 17.3 Å². The van der Waals surface area contributed by atoms with Crippen molar-refractivity contribution in [3.8, 4) is 0 Å². The Kier molecular flexibility index (Phi) is 4.39. The average Bonchev–Trinajstić information content (AvgIpc) is 3.04. The van der Waals surface area contributed by atoms with Crippen molar-refractivity contribution in [1.82, 2.24) is 5.32 Å². The quantitative estimate of drug-likeness (QED) is 0.853. The molecule has 0 bridgehead atoms. The Bertz CT molecular complexity index is 545. The van der Waals surface area contributed by atoms with E-state index in [0.717, 1.165) is 5.76 Å². The molecule has 19 heavy (non-hydrogen) atoms. The van der Waals surface area contributed by atoms with E-state index in [-0.39, 0.29) is 12.0 Å². The number of methoxy groups -OCH3 is 1. The van der Waals surface area contributed by atoms with Crippen LogP contribution in [0.15, 0.2) is 27.3 Å². The zero-order valence-corrected chi connectivity index (χ0v) is 12.0. The molecule has 1 atom stereocenters. The van der Waals surface area contributed by atoms with Crippen LogP contribution in [0.1, 0.15) is 40.4 Å². The molecule has 2 rings (SSSR count). The number of hydrogen-bond donors (Lipinski definition) is 1. The summed E-state index contributed by atoms with van der Waals surface area (Å²) < 4.78 is 10.2. The first-order valence-electron chi connectivity index (χ1n) is 6.05. The van der Waals surface area contributed by atoms with E-state index in [1.54, 1.807) is 24.3 Å². The first-order valence-corrected chi connectivity index (χ1v) is 6.99. The van der Waals surface area contributed by atoms with E-state index in [2.05, 4.69) is 29.1 Å². The van der Waals surface area contributed by atoms with Gasteiger partial charge >= 0.3 is 5.97 Å². The summed E-state index contributed by atoms with van der Waals surface area (Å²) in [6.07, 6.45) is 0. The maximum atomic E-state index is 11.5. The van der Waals surface area contributed by atoms with E-state index in [1.165, 1.54) is 12.7 Å². The SMILES string of the molecule is COC(=O)c1cc(CNC(C)c2ccsc2)oc1C. The molecule has 2 aromatic heterocycles. The summed E-state index contributed by atoms with van der Waals surface area (Å²) in [5.41, 5.74) is 1.74. The second-order valence-corrected chi connectivity index (χ2v) is 5.11. The van der Waals surface area contributed by atoms with Crippen molar-refractivity contribution in [2.24, 2.45) is 0 Å². The molecular formula is C14H17NO3S. The van der Waals surface area contributed by atoms with E-state index in [0.29, 0.717) is 17.9 Å². The molecule has 1 N–H and O–H groups in total. The maximum Gasteiger partial charge on any atom is 0.341 e. The summed E-state index contributed by atoms with van der Waals surface area (Å²) in [6, 6.07) is 4.07. The zero-order valence-electron chi connectivity index (χ0n) is 11.2. The highest BCUT2D eigenvalue weighted by atomic mass is 32.1. The number of thiophene rings is 1. The number of nitrogens with one attached hydrogen (secondary N) is 1. The number of carbonyl (C=O) groups excluding carboxylic acids is 1. The van der Waals surface area contributed by atoms with Crippen LogP contribution in [-0.4, -0.2) is 13.1 Å². The standard InChI is InChI=1S/C14H17NO3S/c1-9(11-4-5-19-8-11)15-7-12-6-13(10(2)18-12)14(16)17-3/h4-6,8-9,15H,7H2,1-3H3. The molecule has 1 unspecified atom stereocenters. The molecule has 102 valence electrons. The summed E-state index contributed by atoms with van der Waals surface area (Å²) in [4.78, 5) is 11.5. The lowest BCUT2D eigenvalue weighted by Gasteiger charge is -2.10. The summed E-state index contributed by atoms with van der Waals surface area (Å²) in [7, 11) is 1.37. The Morgan fingerprint density at radius 3 is 3.00 bits per heavy atom. The molecule has 0 amide bonds.